The van der Waals surface area contributed by atoms with Crippen LogP contribution in [0.5, 0.6) is 0 Å². The van der Waals surface area contributed by atoms with Crippen molar-refractivity contribution in [3.05, 3.63) is 10.0 Å². The van der Waals surface area contributed by atoms with Crippen LogP contribution in [-0.4, -0.2) is 34.5 Å². The largest absolute Gasteiger partial charge is 0.465 e. The second-order valence-electron chi connectivity index (χ2n) is 2.73. The Balaban J connectivity index is 2.17. The van der Waals surface area contributed by atoms with E-state index in [4.69, 9.17) is 11.6 Å². The fourth-order valence-corrected chi connectivity index (χ4v) is 4.91. The predicted molar refractivity (Wildman–Crippen MR) is 74.3 cm³/mol. The van der Waals surface area contributed by atoms with Crippen molar-refractivity contribution in [2.75, 3.05) is 13.4 Å². The lowest BCUT2D eigenvalue weighted by molar-refractivity contribution is 0.0606. The molecule has 0 aliphatic carbocycles. The van der Waals surface area contributed by atoms with E-state index in [1.807, 2.05) is 6.26 Å². The van der Waals surface area contributed by atoms with Crippen LogP contribution < -0.4 is 0 Å². The van der Waals surface area contributed by atoms with E-state index in [0.29, 0.717) is 9.22 Å². The van der Waals surface area contributed by atoms with Gasteiger partial charge in [-0.2, -0.15) is 0 Å². The number of thioether (sulfide) groups is 1. The Morgan fingerprint density at radius 3 is 2.61 bits per heavy atom. The first-order valence-electron chi connectivity index (χ1n) is 4.44. The third-order valence-corrected chi connectivity index (χ3v) is 6.11. The number of aromatic nitrogens is 3. The molecule has 2 aromatic rings. The molecule has 0 spiro atoms. The van der Waals surface area contributed by atoms with Crippen molar-refractivity contribution < 1.29 is 9.53 Å². The molecule has 10 heteroatoms. The Labute approximate surface area is 124 Å². The van der Waals surface area contributed by atoms with Gasteiger partial charge in [0.1, 0.15) is 0 Å². The summed E-state index contributed by atoms with van der Waals surface area (Å²) in [7, 11) is 1.31. The Bertz CT molecular complexity index is 570. The minimum atomic E-state index is -0.480. The zero-order valence-corrected chi connectivity index (χ0v) is 13.2. The van der Waals surface area contributed by atoms with Gasteiger partial charge in [0.25, 0.3) is 0 Å². The van der Waals surface area contributed by atoms with Crippen LogP contribution >= 0.6 is 57.8 Å². The molecule has 0 atom stereocenters. The van der Waals surface area contributed by atoms with E-state index < -0.39 is 5.97 Å². The fraction of sp³-hybridized carbons (Fsp3) is 0.250. The first kappa shape index (κ1) is 14.1. The van der Waals surface area contributed by atoms with Crippen molar-refractivity contribution in [3.63, 3.8) is 0 Å². The zero-order valence-electron chi connectivity index (χ0n) is 9.17. The first-order valence-corrected chi connectivity index (χ1v) is 8.49. The van der Waals surface area contributed by atoms with Gasteiger partial charge in [0.05, 0.1) is 7.11 Å². The van der Waals surface area contributed by atoms with Crippen molar-refractivity contribution >= 4 is 63.8 Å². The molecule has 0 fully saturated rings. The number of methoxy groups -OCH3 is 1. The Morgan fingerprint density at radius 2 is 2.00 bits per heavy atom. The third kappa shape index (κ3) is 3.15. The summed E-state index contributed by atoms with van der Waals surface area (Å²) in [4.78, 5) is 15.8. The number of thiazole rings is 1. The highest BCUT2D eigenvalue weighted by molar-refractivity contribution is 8.04. The highest BCUT2D eigenvalue weighted by atomic mass is 35.5. The maximum atomic E-state index is 11.4. The van der Waals surface area contributed by atoms with Crippen LogP contribution in [0.2, 0.25) is 5.15 Å². The molecular formula is C8H6ClN3O2S4. The summed E-state index contributed by atoms with van der Waals surface area (Å²) in [5.41, 5.74) is 0. The van der Waals surface area contributed by atoms with Crippen LogP contribution in [0, 0.1) is 0 Å². The van der Waals surface area contributed by atoms with Gasteiger partial charge in [-0.25, -0.2) is 9.78 Å². The number of ether oxygens (including phenoxy) is 1. The Kier molecular flexibility index (Phi) is 4.84. The van der Waals surface area contributed by atoms with Crippen molar-refractivity contribution in [2.45, 2.75) is 13.0 Å². The Morgan fingerprint density at radius 1 is 1.28 bits per heavy atom. The maximum Gasteiger partial charge on any atom is 0.351 e. The molecule has 0 bridgehead atoms. The summed E-state index contributed by atoms with van der Waals surface area (Å²) in [6.07, 6.45) is 1.94. The second kappa shape index (κ2) is 6.20. The molecule has 0 N–H and O–H groups in total. The summed E-state index contributed by atoms with van der Waals surface area (Å²) >= 11 is 11.4. The van der Waals surface area contributed by atoms with Crippen LogP contribution in [0.4, 0.5) is 0 Å². The van der Waals surface area contributed by atoms with Gasteiger partial charge in [-0.3, -0.25) is 0 Å². The molecule has 0 aliphatic heterocycles. The van der Waals surface area contributed by atoms with Crippen molar-refractivity contribution in [1.29, 1.82) is 0 Å². The van der Waals surface area contributed by atoms with Crippen molar-refractivity contribution in [2.24, 2.45) is 0 Å². The number of rotatable bonds is 4. The lowest BCUT2D eigenvalue weighted by atomic mass is 10.6. The number of carbonyl (C=O) groups is 1. The summed E-state index contributed by atoms with van der Waals surface area (Å²) in [5.74, 6) is -0.480. The van der Waals surface area contributed by atoms with Gasteiger partial charge >= 0.3 is 5.97 Å². The van der Waals surface area contributed by atoms with E-state index in [2.05, 4.69) is 19.9 Å². The molecule has 5 nitrogen and oxygen atoms in total. The molecule has 2 aromatic heterocycles. The highest BCUT2D eigenvalue weighted by Gasteiger charge is 2.18. The topological polar surface area (TPSA) is 65.0 Å². The molecule has 2 heterocycles. The summed E-state index contributed by atoms with van der Waals surface area (Å²) in [6.45, 7) is 0. The number of halogens is 1. The molecule has 0 saturated heterocycles. The minimum Gasteiger partial charge on any atom is -0.465 e. The lowest BCUT2D eigenvalue weighted by Gasteiger charge is -1.92. The number of esters is 1. The minimum absolute atomic E-state index is 0.156. The monoisotopic (exact) mass is 339 g/mol. The smallest absolute Gasteiger partial charge is 0.351 e. The highest BCUT2D eigenvalue weighted by Crippen LogP contribution is 2.37. The molecule has 0 amide bonds. The molecule has 0 aromatic carbocycles. The van der Waals surface area contributed by atoms with Crippen LogP contribution in [0.25, 0.3) is 0 Å². The van der Waals surface area contributed by atoms with Crippen molar-refractivity contribution in [3.8, 4) is 0 Å². The molecule has 0 saturated carbocycles. The summed E-state index contributed by atoms with van der Waals surface area (Å²) in [6, 6.07) is 0. The van der Waals surface area contributed by atoms with E-state index >= 15 is 0 Å². The van der Waals surface area contributed by atoms with Gasteiger partial charge in [0.15, 0.2) is 23.0 Å². The number of hydrogen-bond donors (Lipinski definition) is 0. The quantitative estimate of drug-likeness (QED) is 0.625. The molecule has 0 radical (unpaired) electrons. The molecule has 0 aliphatic rings. The molecular weight excluding hydrogens is 334 g/mol. The van der Waals surface area contributed by atoms with E-state index in [9.17, 15) is 4.79 Å². The maximum absolute atomic E-state index is 11.4. The van der Waals surface area contributed by atoms with Gasteiger partial charge in [-0.15, -0.1) is 10.2 Å². The van der Waals surface area contributed by atoms with Gasteiger partial charge in [0.2, 0.25) is 0 Å². The normalized spacial score (nSPS) is 10.6. The predicted octanol–water partition coefficient (Wildman–Crippen LogP) is 3.31. The molecule has 0 unspecified atom stereocenters. The average molecular weight is 340 g/mol. The molecule has 96 valence electrons. The van der Waals surface area contributed by atoms with Gasteiger partial charge < -0.3 is 4.74 Å². The number of carbonyl (C=O) groups excluding carboxylic acids is 1. The third-order valence-electron chi connectivity index (χ3n) is 1.67. The van der Waals surface area contributed by atoms with E-state index in [1.54, 1.807) is 0 Å². The summed E-state index contributed by atoms with van der Waals surface area (Å²) < 4.78 is 6.90. The zero-order chi connectivity index (χ0) is 13.1. The lowest BCUT2D eigenvalue weighted by Crippen LogP contribution is -1.98. The fourth-order valence-electron chi connectivity index (χ4n) is 0.941. The average Bonchev–Trinajstić information content (AvgIpc) is 2.95. The first-order chi connectivity index (χ1) is 8.63. The van der Waals surface area contributed by atoms with E-state index in [-0.39, 0.29) is 5.15 Å². The molecule has 2 rings (SSSR count). The standard InChI is InChI=1S/C8H6ClN3O2S4/c1-14-5(13)3-4(9)10-6(16-3)17-8-12-11-7(15-2)18-8/h1-2H3. The van der Waals surface area contributed by atoms with Crippen molar-refractivity contribution in [1.82, 2.24) is 15.2 Å². The number of nitrogens with zero attached hydrogens (tertiary/aromatic N) is 3. The number of hydrogen-bond acceptors (Lipinski definition) is 9. The van der Waals surface area contributed by atoms with Gasteiger partial charge in [-0.1, -0.05) is 46.0 Å². The van der Waals surface area contributed by atoms with E-state index in [0.717, 1.165) is 8.68 Å². The van der Waals surface area contributed by atoms with Crippen LogP contribution in [0.3, 0.4) is 0 Å². The SMILES string of the molecule is COC(=O)c1sc(Sc2nnc(SC)s2)nc1Cl. The van der Waals surface area contributed by atoms with E-state index in [1.165, 1.54) is 53.3 Å². The van der Waals surface area contributed by atoms with Gasteiger partial charge in [0, 0.05) is 0 Å². The van der Waals surface area contributed by atoms with Crippen LogP contribution in [0.1, 0.15) is 9.67 Å². The second-order valence-corrected chi connectivity index (χ2v) is 7.61. The van der Waals surface area contributed by atoms with Crippen LogP contribution in [0.15, 0.2) is 13.0 Å². The van der Waals surface area contributed by atoms with Gasteiger partial charge in [-0.05, 0) is 18.0 Å². The molecule has 18 heavy (non-hydrogen) atoms. The summed E-state index contributed by atoms with van der Waals surface area (Å²) in [5, 5.41) is 8.13. The Hall–Kier alpha value is -0.350. The van der Waals surface area contributed by atoms with Crippen LogP contribution in [-0.2, 0) is 4.74 Å².